The molecule has 0 saturated heterocycles. The van der Waals surface area contributed by atoms with E-state index in [1.165, 1.54) is 4.90 Å². The minimum atomic E-state index is -0.622. The van der Waals surface area contributed by atoms with Gasteiger partial charge in [0.05, 0.1) is 25.2 Å². The number of ether oxygens (including phenoxy) is 1. The molecule has 0 aliphatic carbocycles. The maximum absolute atomic E-state index is 12.4. The minimum Gasteiger partial charge on any atom is -0.495 e. The largest absolute Gasteiger partial charge is 0.495 e. The fourth-order valence-electron chi connectivity index (χ4n) is 2.25. The van der Waals surface area contributed by atoms with Gasteiger partial charge in [0.25, 0.3) is 0 Å². The standard InChI is InChI=1S/C15H19N3O3/c1-10(16)15(20)17(2)9-12(19)11-6-8-18-7-4-5-13(21-3)14(11)18/h4-8,10H,9,16H2,1-3H3/t10-/m0/s1. The lowest BCUT2D eigenvalue weighted by Crippen LogP contribution is -2.42. The van der Waals surface area contributed by atoms with Crippen molar-refractivity contribution in [2.75, 3.05) is 20.7 Å². The Labute approximate surface area is 123 Å². The number of likely N-dealkylation sites (N-methyl/N-ethyl adjacent to an activating group) is 1. The lowest BCUT2D eigenvalue weighted by molar-refractivity contribution is -0.130. The molecular weight excluding hydrogens is 270 g/mol. The second kappa shape index (κ2) is 5.97. The van der Waals surface area contributed by atoms with Gasteiger partial charge in [0, 0.05) is 25.0 Å². The van der Waals surface area contributed by atoms with Crippen LogP contribution in [0, 0.1) is 0 Å². The number of aromatic nitrogens is 1. The summed E-state index contributed by atoms with van der Waals surface area (Å²) >= 11 is 0. The van der Waals surface area contributed by atoms with Crippen LogP contribution >= 0.6 is 0 Å². The van der Waals surface area contributed by atoms with Gasteiger partial charge in [-0.2, -0.15) is 0 Å². The first-order chi connectivity index (χ1) is 9.95. The summed E-state index contributed by atoms with van der Waals surface area (Å²) in [6, 6.07) is 4.74. The molecule has 2 N–H and O–H groups in total. The molecule has 6 heteroatoms. The molecule has 0 aliphatic rings. The predicted octanol–water partition coefficient (Wildman–Crippen LogP) is 0.936. The second-order valence-electron chi connectivity index (χ2n) is 4.97. The molecule has 2 rings (SSSR count). The lowest BCUT2D eigenvalue weighted by atomic mass is 10.1. The maximum Gasteiger partial charge on any atom is 0.239 e. The average Bonchev–Trinajstić information content (AvgIpc) is 2.90. The van der Waals surface area contributed by atoms with Crippen molar-refractivity contribution in [1.82, 2.24) is 9.30 Å². The van der Waals surface area contributed by atoms with Gasteiger partial charge >= 0.3 is 0 Å². The first-order valence-electron chi connectivity index (χ1n) is 6.63. The van der Waals surface area contributed by atoms with Crippen molar-refractivity contribution in [3.8, 4) is 5.75 Å². The number of carbonyl (C=O) groups excluding carboxylic acids is 2. The van der Waals surface area contributed by atoms with Crippen LogP contribution < -0.4 is 10.5 Å². The predicted molar refractivity (Wildman–Crippen MR) is 79.6 cm³/mol. The number of pyridine rings is 1. The second-order valence-corrected chi connectivity index (χ2v) is 4.97. The molecule has 0 unspecified atom stereocenters. The van der Waals surface area contributed by atoms with Gasteiger partial charge in [-0.3, -0.25) is 9.59 Å². The third kappa shape index (κ3) is 2.90. The topological polar surface area (TPSA) is 77.0 Å². The van der Waals surface area contributed by atoms with Crippen molar-refractivity contribution < 1.29 is 14.3 Å². The number of fused-ring (bicyclic) bond motifs is 1. The average molecular weight is 289 g/mol. The Balaban J connectivity index is 2.30. The Morgan fingerprint density at radius 2 is 2.10 bits per heavy atom. The third-order valence-electron chi connectivity index (χ3n) is 3.31. The molecule has 0 saturated carbocycles. The van der Waals surface area contributed by atoms with Crippen LogP contribution in [0.3, 0.4) is 0 Å². The van der Waals surface area contributed by atoms with Gasteiger partial charge in [0.15, 0.2) is 5.78 Å². The highest BCUT2D eigenvalue weighted by atomic mass is 16.5. The number of ketones is 1. The van der Waals surface area contributed by atoms with Gasteiger partial charge in [-0.15, -0.1) is 0 Å². The van der Waals surface area contributed by atoms with Crippen LogP contribution in [0.4, 0.5) is 0 Å². The van der Waals surface area contributed by atoms with E-state index >= 15 is 0 Å². The Bertz CT molecular complexity index is 676. The number of carbonyl (C=O) groups is 2. The van der Waals surface area contributed by atoms with E-state index in [-0.39, 0.29) is 18.2 Å². The normalized spacial score (nSPS) is 12.2. The number of hydrogen-bond acceptors (Lipinski definition) is 4. The first kappa shape index (κ1) is 15.1. The van der Waals surface area contributed by atoms with Gasteiger partial charge in [-0.05, 0) is 25.1 Å². The highest BCUT2D eigenvalue weighted by molar-refractivity contribution is 6.06. The van der Waals surface area contributed by atoms with Crippen LogP contribution in [0.25, 0.3) is 5.52 Å². The molecule has 0 aliphatic heterocycles. The molecule has 21 heavy (non-hydrogen) atoms. The van der Waals surface area contributed by atoms with Crippen LogP contribution in [0.15, 0.2) is 30.6 Å². The van der Waals surface area contributed by atoms with Crippen molar-refractivity contribution in [3.63, 3.8) is 0 Å². The molecule has 2 aromatic rings. The molecule has 0 spiro atoms. The molecule has 1 amide bonds. The van der Waals surface area contributed by atoms with Crippen molar-refractivity contribution in [1.29, 1.82) is 0 Å². The van der Waals surface area contributed by atoms with Crippen molar-refractivity contribution >= 4 is 17.2 Å². The van der Waals surface area contributed by atoms with E-state index in [0.29, 0.717) is 16.8 Å². The van der Waals surface area contributed by atoms with Gasteiger partial charge in [0.1, 0.15) is 5.75 Å². The van der Waals surface area contributed by atoms with Crippen LogP contribution in [-0.2, 0) is 4.79 Å². The lowest BCUT2D eigenvalue weighted by Gasteiger charge is -2.18. The van der Waals surface area contributed by atoms with Gasteiger partial charge in [0.2, 0.25) is 5.91 Å². The van der Waals surface area contributed by atoms with Gasteiger partial charge < -0.3 is 19.8 Å². The van der Waals surface area contributed by atoms with E-state index in [1.54, 1.807) is 39.4 Å². The summed E-state index contributed by atoms with van der Waals surface area (Å²) in [4.78, 5) is 25.5. The summed E-state index contributed by atoms with van der Waals surface area (Å²) in [5, 5.41) is 0. The number of methoxy groups -OCH3 is 1. The Kier molecular flexibility index (Phi) is 4.28. The van der Waals surface area contributed by atoms with E-state index in [2.05, 4.69) is 0 Å². The van der Waals surface area contributed by atoms with Gasteiger partial charge in [-0.25, -0.2) is 0 Å². The summed E-state index contributed by atoms with van der Waals surface area (Å²) in [5.74, 6) is 0.198. The molecule has 112 valence electrons. The first-order valence-corrected chi connectivity index (χ1v) is 6.63. The Morgan fingerprint density at radius 1 is 1.38 bits per heavy atom. The number of nitrogens with zero attached hydrogens (tertiary/aromatic N) is 2. The molecule has 0 fully saturated rings. The third-order valence-corrected chi connectivity index (χ3v) is 3.31. The van der Waals surface area contributed by atoms with Crippen molar-refractivity contribution in [2.24, 2.45) is 5.73 Å². The van der Waals surface area contributed by atoms with Crippen LogP contribution in [0.2, 0.25) is 0 Å². The van der Waals surface area contributed by atoms with E-state index in [0.717, 1.165) is 0 Å². The molecule has 1 atom stereocenters. The minimum absolute atomic E-state index is 0.0158. The summed E-state index contributed by atoms with van der Waals surface area (Å²) in [7, 11) is 3.13. The van der Waals surface area contributed by atoms with Crippen molar-refractivity contribution in [2.45, 2.75) is 13.0 Å². The fraction of sp³-hybridized carbons (Fsp3) is 0.333. The van der Waals surface area contributed by atoms with E-state index in [9.17, 15) is 9.59 Å². The summed E-state index contributed by atoms with van der Waals surface area (Å²) in [5.41, 5.74) is 6.77. The number of hydrogen-bond donors (Lipinski definition) is 1. The number of rotatable bonds is 5. The highest BCUT2D eigenvalue weighted by Gasteiger charge is 2.20. The number of amides is 1. The molecule has 2 aromatic heterocycles. The molecular formula is C15H19N3O3. The van der Waals surface area contributed by atoms with E-state index < -0.39 is 6.04 Å². The van der Waals surface area contributed by atoms with Crippen LogP contribution in [-0.4, -0.2) is 47.7 Å². The zero-order chi connectivity index (χ0) is 15.6. The summed E-state index contributed by atoms with van der Waals surface area (Å²) in [6.45, 7) is 1.58. The SMILES string of the molecule is COc1cccn2ccc(C(=O)CN(C)C(=O)[C@H](C)N)c12. The number of Topliss-reactive ketones (excluding diaryl/α,β-unsaturated/α-hetero) is 1. The monoisotopic (exact) mass is 289 g/mol. The van der Waals surface area contributed by atoms with E-state index in [1.807, 2.05) is 16.7 Å². The molecule has 0 radical (unpaired) electrons. The van der Waals surface area contributed by atoms with Crippen LogP contribution in [0.1, 0.15) is 17.3 Å². The molecule has 6 nitrogen and oxygen atoms in total. The Morgan fingerprint density at radius 3 is 2.71 bits per heavy atom. The fourth-order valence-corrected chi connectivity index (χ4v) is 2.25. The van der Waals surface area contributed by atoms with Crippen molar-refractivity contribution in [3.05, 3.63) is 36.2 Å². The zero-order valence-corrected chi connectivity index (χ0v) is 12.4. The molecule has 0 aromatic carbocycles. The Hall–Kier alpha value is -2.34. The van der Waals surface area contributed by atoms with Gasteiger partial charge in [-0.1, -0.05) is 0 Å². The van der Waals surface area contributed by atoms with E-state index in [4.69, 9.17) is 10.5 Å². The summed E-state index contributed by atoms with van der Waals surface area (Å²) in [6.07, 6.45) is 3.63. The maximum atomic E-state index is 12.4. The molecule has 2 heterocycles. The molecule has 0 bridgehead atoms. The quantitative estimate of drug-likeness (QED) is 0.831. The summed E-state index contributed by atoms with van der Waals surface area (Å²) < 4.78 is 7.11. The number of nitrogens with two attached hydrogens (primary N) is 1. The van der Waals surface area contributed by atoms with Crippen LogP contribution in [0.5, 0.6) is 5.75 Å². The smallest absolute Gasteiger partial charge is 0.239 e. The zero-order valence-electron chi connectivity index (χ0n) is 12.4. The highest BCUT2D eigenvalue weighted by Crippen LogP contribution is 2.24.